The standard InChI is InChI=1S/C9H17N3O2/c1-7(13)4-3-5-10-6-9-12-11-8(2)14-9/h7,10,13H,3-6H2,1-2H3. The average Bonchev–Trinajstić information content (AvgIpc) is 2.50. The maximum absolute atomic E-state index is 9.00. The summed E-state index contributed by atoms with van der Waals surface area (Å²) in [5.41, 5.74) is 0. The third-order valence-electron chi connectivity index (χ3n) is 1.82. The summed E-state index contributed by atoms with van der Waals surface area (Å²) in [6.45, 7) is 5.01. The molecule has 0 saturated heterocycles. The van der Waals surface area contributed by atoms with Crippen LogP contribution < -0.4 is 5.32 Å². The van der Waals surface area contributed by atoms with Crippen LogP contribution in [-0.4, -0.2) is 28.0 Å². The first-order valence-corrected chi connectivity index (χ1v) is 4.86. The van der Waals surface area contributed by atoms with Gasteiger partial charge in [0.05, 0.1) is 12.6 Å². The van der Waals surface area contributed by atoms with E-state index >= 15 is 0 Å². The van der Waals surface area contributed by atoms with E-state index in [1.807, 2.05) is 0 Å². The van der Waals surface area contributed by atoms with Crippen molar-refractivity contribution in [2.24, 2.45) is 0 Å². The van der Waals surface area contributed by atoms with Gasteiger partial charge in [0.2, 0.25) is 11.8 Å². The molecule has 1 aromatic heterocycles. The van der Waals surface area contributed by atoms with E-state index < -0.39 is 0 Å². The van der Waals surface area contributed by atoms with Crippen molar-refractivity contribution in [1.29, 1.82) is 0 Å². The summed E-state index contributed by atoms with van der Waals surface area (Å²) in [5.74, 6) is 1.20. The van der Waals surface area contributed by atoms with Gasteiger partial charge in [-0.05, 0) is 26.3 Å². The molecular weight excluding hydrogens is 182 g/mol. The van der Waals surface area contributed by atoms with Crippen LogP contribution in [0.3, 0.4) is 0 Å². The molecule has 5 heteroatoms. The van der Waals surface area contributed by atoms with Gasteiger partial charge in [-0.15, -0.1) is 10.2 Å². The van der Waals surface area contributed by atoms with Crippen LogP contribution >= 0.6 is 0 Å². The van der Waals surface area contributed by atoms with Crippen LogP contribution in [0.5, 0.6) is 0 Å². The zero-order chi connectivity index (χ0) is 10.4. The van der Waals surface area contributed by atoms with E-state index in [0.717, 1.165) is 19.4 Å². The summed E-state index contributed by atoms with van der Waals surface area (Å²) >= 11 is 0. The predicted octanol–water partition coefficient (Wildman–Crippen LogP) is 0.629. The Labute approximate surface area is 83.5 Å². The third-order valence-corrected chi connectivity index (χ3v) is 1.82. The third kappa shape index (κ3) is 4.34. The van der Waals surface area contributed by atoms with E-state index in [2.05, 4.69) is 15.5 Å². The molecule has 1 heterocycles. The smallest absolute Gasteiger partial charge is 0.230 e. The van der Waals surface area contributed by atoms with Crippen LogP contribution in [0, 0.1) is 6.92 Å². The molecule has 2 N–H and O–H groups in total. The zero-order valence-corrected chi connectivity index (χ0v) is 8.66. The quantitative estimate of drug-likeness (QED) is 0.657. The van der Waals surface area contributed by atoms with Gasteiger partial charge in [-0.1, -0.05) is 0 Å². The first-order valence-electron chi connectivity index (χ1n) is 4.86. The lowest BCUT2D eigenvalue weighted by Crippen LogP contribution is -2.16. The first kappa shape index (κ1) is 11.1. The van der Waals surface area contributed by atoms with Gasteiger partial charge >= 0.3 is 0 Å². The fourth-order valence-corrected chi connectivity index (χ4v) is 1.13. The maximum Gasteiger partial charge on any atom is 0.230 e. The summed E-state index contributed by atoms with van der Waals surface area (Å²) in [5, 5.41) is 19.7. The number of nitrogens with zero attached hydrogens (tertiary/aromatic N) is 2. The van der Waals surface area contributed by atoms with E-state index in [0.29, 0.717) is 18.3 Å². The maximum atomic E-state index is 9.00. The molecule has 0 saturated carbocycles. The SMILES string of the molecule is Cc1nnc(CNCCCC(C)O)o1. The summed E-state index contributed by atoms with van der Waals surface area (Å²) in [6, 6.07) is 0. The van der Waals surface area contributed by atoms with Gasteiger partial charge in [0, 0.05) is 6.92 Å². The van der Waals surface area contributed by atoms with Crippen molar-refractivity contribution in [2.75, 3.05) is 6.54 Å². The second kappa shape index (κ2) is 5.72. The number of nitrogens with one attached hydrogen (secondary N) is 1. The van der Waals surface area contributed by atoms with Crippen LogP contribution in [0.15, 0.2) is 4.42 Å². The highest BCUT2D eigenvalue weighted by molar-refractivity contribution is 4.77. The molecule has 0 aliphatic heterocycles. The first-order chi connectivity index (χ1) is 6.68. The minimum Gasteiger partial charge on any atom is -0.424 e. The molecule has 1 rings (SSSR count). The molecule has 0 amide bonds. The van der Waals surface area contributed by atoms with Crippen LogP contribution in [0.25, 0.3) is 0 Å². The number of aromatic nitrogens is 2. The van der Waals surface area contributed by atoms with Gasteiger partial charge in [-0.25, -0.2) is 0 Å². The van der Waals surface area contributed by atoms with Crippen LogP contribution in [-0.2, 0) is 6.54 Å². The summed E-state index contributed by atoms with van der Waals surface area (Å²) in [7, 11) is 0. The average molecular weight is 199 g/mol. The molecule has 5 nitrogen and oxygen atoms in total. The predicted molar refractivity (Wildman–Crippen MR) is 51.7 cm³/mol. The molecule has 1 aromatic rings. The summed E-state index contributed by atoms with van der Waals surface area (Å²) in [6.07, 6.45) is 1.54. The Balaban J connectivity index is 2.04. The lowest BCUT2D eigenvalue weighted by Gasteiger charge is -2.03. The van der Waals surface area contributed by atoms with Gasteiger partial charge in [-0.3, -0.25) is 0 Å². The topological polar surface area (TPSA) is 71.2 Å². The molecule has 14 heavy (non-hydrogen) atoms. The van der Waals surface area contributed by atoms with Crippen LogP contribution in [0.2, 0.25) is 0 Å². The second-order valence-corrected chi connectivity index (χ2v) is 3.38. The number of hydrogen-bond acceptors (Lipinski definition) is 5. The molecule has 0 aromatic carbocycles. The van der Waals surface area contributed by atoms with Crippen LogP contribution in [0.1, 0.15) is 31.5 Å². The Hall–Kier alpha value is -0.940. The van der Waals surface area contributed by atoms with Crippen LogP contribution in [0.4, 0.5) is 0 Å². The molecule has 1 atom stereocenters. The summed E-state index contributed by atoms with van der Waals surface area (Å²) in [4.78, 5) is 0. The molecule has 0 bridgehead atoms. The Bertz CT molecular complexity index is 260. The highest BCUT2D eigenvalue weighted by atomic mass is 16.4. The molecule has 80 valence electrons. The Morgan fingerprint density at radius 1 is 1.50 bits per heavy atom. The van der Waals surface area contributed by atoms with Gasteiger partial charge in [0.25, 0.3) is 0 Å². The lowest BCUT2D eigenvalue weighted by molar-refractivity contribution is 0.181. The number of aryl methyl sites for hydroxylation is 1. The van der Waals surface area contributed by atoms with E-state index in [9.17, 15) is 0 Å². The number of rotatable bonds is 6. The van der Waals surface area contributed by atoms with E-state index in [1.54, 1.807) is 13.8 Å². The number of hydrogen-bond donors (Lipinski definition) is 2. The fraction of sp³-hybridized carbons (Fsp3) is 0.778. The Morgan fingerprint density at radius 2 is 2.29 bits per heavy atom. The molecular formula is C9H17N3O2. The van der Waals surface area contributed by atoms with E-state index in [-0.39, 0.29) is 6.10 Å². The van der Waals surface area contributed by atoms with E-state index in [4.69, 9.17) is 9.52 Å². The number of aliphatic hydroxyl groups is 1. The molecule has 0 aliphatic carbocycles. The van der Waals surface area contributed by atoms with Crippen molar-refractivity contribution in [1.82, 2.24) is 15.5 Å². The highest BCUT2D eigenvalue weighted by Crippen LogP contribution is 1.97. The van der Waals surface area contributed by atoms with Crippen molar-refractivity contribution in [3.63, 3.8) is 0 Å². The largest absolute Gasteiger partial charge is 0.424 e. The number of aliphatic hydroxyl groups excluding tert-OH is 1. The van der Waals surface area contributed by atoms with Gasteiger partial charge < -0.3 is 14.8 Å². The Morgan fingerprint density at radius 3 is 2.86 bits per heavy atom. The minimum atomic E-state index is -0.220. The van der Waals surface area contributed by atoms with E-state index in [1.165, 1.54) is 0 Å². The minimum absolute atomic E-state index is 0.220. The van der Waals surface area contributed by atoms with Gasteiger partial charge in [0.1, 0.15) is 0 Å². The zero-order valence-electron chi connectivity index (χ0n) is 8.66. The molecule has 0 spiro atoms. The Kier molecular flexibility index (Phi) is 4.55. The normalized spacial score (nSPS) is 13.1. The fourth-order valence-electron chi connectivity index (χ4n) is 1.13. The summed E-state index contributed by atoms with van der Waals surface area (Å²) < 4.78 is 5.18. The van der Waals surface area contributed by atoms with Gasteiger partial charge in [0.15, 0.2) is 0 Å². The molecule has 0 radical (unpaired) electrons. The van der Waals surface area contributed by atoms with Crippen molar-refractivity contribution >= 4 is 0 Å². The monoisotopic (exact) mass is 199 g/mol. The lowest BCUT2D eigenvalue weighted by atomic mass is 10.2. The van der Waals surface area contributed by atoms with Crippen molar-refractivity contribution in [3.8, 4) is 0 Å². The van der Waals surface area contributed by atoms with Crippen molar-refractivity contribution in [2.45, 2.75) is 39.3 Å². The second-order valence-electron chi connectivity index (χ2n) is 3.38. The molecule has 0 fully saturated rings. The van der Waals surface area contributed by atoms with Gasteiger partial charge in [-0.2, -0.15) is 0 Å². The van der Waals surface area contributed by atoms with Crippen molar-refractivity contribution in [3.05, 3.63) is 11.8 Å². The van der Waals surface area contributed by atoms with Crippen molar-refractivity contribution < 1.29 is 9.52 Å². The molecule has 0 aliphatic rings. The molecule has 1 unspecified atom stereocenters. The highest BCUT2D eigenvalue weighted by Gasteiger charge is 2.00.